The van der Waals surface area contributed by atoms with Crippen molar-refractivity contribution in [1.29, 1.82) is 0 Å². The van der Waals surface area contributed by atoms with Crippen LogP contribution in [-0.2, 0) is 18.4 Å². The Morgan fingerprint density at radius 3 is 2.52 bits per heavy atom. The molecule has 0 bridgehead atoms. The highest BCUT2D eigenvalue weighted by atomic mass is 16.5. The maximum absolute atomic E-state index is 13.0. The average molecular weight is 420 g/mol. The van der Waals surface area contributed by atoms with Crippen LogP contribution in [0.4, 0.5) is 0 Å². The molecule has 1 aromatic heterocycles. The van der Waals surface area contributed by atoms with Gasteiger partial charge in [0.1, 0.15) is 5.75 Å². The third-order valence-corrected chi connectivity index (χ3v) is 6.06. The van der Waals surface area contributed by atoms with Crippen molar-refractivity contribution in [2.24, 2.45) is 7.05 Å². The zero-order valence-corrected chi connectivity index (χ0v) is 18.2. The maximum atomic E-state index is 13.0. The molecule has 0 saturated carbocycles. The van der Waals surface area contributed by atoms with Crippen LogP contribution < -0.4 is 10.1 Å². The van der Waals surface area contributed by atoms with Crippen molar-refractivity contribution in [2.75, 3.05) is 19.7 Å². The van der Waals surface area contributed by atoms with Crippen molar-refractivity contribution in [3.05, 3.63) is 65.4 Å². The van der Waals surface area contributed by atoms with E-state index in [4.69, 9.17) is 4.74 Å². The minimum absolute atomic E-state index is 0.0184. The van der Waals surface area contributed by atoms with Crippen molar-refractivity contribution < 1.29 is 14.3 Å². The van der Waals surface area contributed by atoms with Crippen LogP contribution in [-0.4, -0.2) is 41.0 Å². The first-order valence-corrected chi connectivity index (χ1v) is 10.9. The van der Waals surface area contributed by atoms with E-state index in [9.17, 15) is 9.59 Å². The second-order valence-corrected chi connectivity index (χ2v) is 8.10. The van der Waals surface area contributed by atoms with Crippen molar-refractivity contribution in [3.8, 4) is 5.75 Å². The van der Waals surface area contributed by atoms with E-state index < -0.39 is 0 Å². The van der Waals surface area contributed by atoms with Crippen LogP contribution in [0.5, 0.6) is 5.75 Å². The SMILES string of the molecule is Cc1c(C(=O)NCc2ccccc2)c2cc(OCC(=O)N3CCCCC3)ccc2n1C. The number of piperidine rings is 1. The summed E-state index contributed by atoms with van der Waals surface area (Å²) in [5, 5.41) is 3.85. The maximum Gasteiger partial charge on any atom is 0.260 e. The van der Waals surface area contributed by atoms with Gasteiger partial charge in [0.05, 0.1) is 5.56 Å². The molecule has 6 heteroatoms. The molecule has 31 heavy (non-hydrogen) atoms. The van der Waals surface area contributed by atoms with E-state index in [0.717, 1.165) is 48.1 Å². The highest BCUT2D eigenvalue weighted by Crippen LogP contribution is 2.29. The van der Waals surface area contributed by atoms with Gasteiger partial charge in [0.25, 0.3) is 11.8 Å². The van der Waals surface area contributed by atoms with Crippen molar-refractivity contribution in [2.45, 2.75) is 32.7 Å². The molecule has 1 N–H and O–H groups in total. The number of hydrogen-bond donors (Lipinski definition) is 1. The number of ether oxygens (including phenoxy) is 1. The number of carbonyl (C=O) groups is 2. The number of aromatic nitrogens is 1. The lowest BCUT2D eigenvalue weighted by Gasteiger charge is -2.26. The predicted octanol–water partition coefficient (Wildman–Crippen LogP) is 3.81. The van der Waals surface area contributed by atoms with Gasteiger partial charge in [-0.25, -0.2) is 0 Å². The Balaban J connectivity index is 1.51. The third-order valence-electron chi connectivity index (χ3n) is 6.06. The number of hydrogen-bond acceptors (Lipinski definition) is 3. The number of rotatable bonds is 6. The summed E-state index contributed by atoms with van der Waals surface area (Å²) >= 11 is 0. The predicted molar refractivity (Wildman–Crippen MR) is 121 cm³/mol. The second kappa shape index (κ2) is 9.25. The molecular formula is C25H29N3O3. The van der Waals surface area contributed by atoms with Crippen LogP contribution >= 0.6 is 0 Å². The molecule has 1 saturated heterocycles. The first-order valence-electron chi connectivity index (χ1n) is 10.9. The lowest BCUT2D eigenvalue weighted by Crippen LogP contribution is -2.38. The standard InChI is InChI=1S/C25H29N3O3/c1-18-24(25(30)26-16-19-9-5-3-6-10-19)21-15-20(11-12-22(21)27(18)2)31-17-23(29)28-13-7-4-8-14-28/h3,5-6,9-12,15H,4,7-8,13-14,16-17H2,1-2H3,(H,26,30). The molecule has 2 amide bonds. The largest absolute Gasteiger partial charge is 0.484 e. The highest BCUT2D eigenvalue weighted by molar-refractivity contribution is 6.08. The molecule has 0 spiro atoms. The molecular weight excluding hydrogens is 390 g/mol. The third kappa shape index (κ3) is 4.58. The van der Waals surface area contributed by atoms with Gasteiger partial charge in [0.2, 0.25) is 0 Å². The van der Waals surface area contributed by atoms with Crippen LogP contribution in [0.1, 0.15) is 40.9 Å². The molecule has 0 unspecified atom stereocenters. The van der Waals surface area contributed by atoms with E-state index in [1.165, 1.54) is 6.42 Å². The summed E-state index contributed by atoms with van der Waals surface area (Å²) in [6.07, 6.45) is 3.30. The van der Waals surface area contributed by atoms with Gasteiger partial charge in [0.15, 0.2) is 6.61 Å². The second-order valence-electron chi connectivity index (χ2n) is 8.10. The van der Waals surface area contributed by atoms with E-state index in [0.29, 0.717) is 17.9 Å². The van der Waals surface area contributed by atoms with Crippen LogP contribution in [0.15, 0.2) is 48.5 Å². The zero-order chi connectivity index (χ0) is 21.8. The summed E-state index contributed by atoms with van der Waals surface area (Å²) in [6, 6.07) is 15.5. The Morgan fingerprint density at radius 1 is 1.03 bits per heavy atom. The summed E-state index contributed by atoms with van der Waals surface area (Å²) in [5.41, 5.74) is 3.54. The van der Waals surface area contributed by atoms with Gasteiger partial charge in [-0.05, 0) is 49.9 Å². The van der Waals surface area contributed by atoms with Crippen molar-refractivity contribution in [1.82, 2.24) is 14.8 Å². The molecule has 6 nitrogen and oxygen atoms in total. The number of nitrogens with one attached hydrogen (secondary N) is 1. The molecule has 4 rings (SSSR count). The first-order chi connectivity index (χ1) is 15.0. The fraction of sp³-hybridized carbons (Fsp3) is 0.360. The van der Waals surface area contributed by atoms with E-state index in [2.05, 4.69) is 5.32 Å². The molecule has 2 aromatic carbocycles. The van der Waals surface area contributed by atoms with Crippen molar-refractivity contribution in [3.63, 3.8) is 0 Å². The molecule has 0 atom stereocenters. The summed E-state index contributed by atoms with van der Waals surface area (Å²) in [4.78, 5) is 27.3. The van der Waals surface area contributed by atoms with E-state index in [1.54, 1.807) is 0 Å². The summed E-state index contributed by atoms with van der Waals surface area (Å²) in [6.45, 7) is 4.05. The Labute approximate surface area is 182 Å². The molecule has 0 aliphatic carbocycles. The smallest absolute Gasteiger partial charge is 0.260 e. The van der Waals surface area contributed by atoms with Gasteiger partial charge in [-0.3, -0.25) is 9.59 Å². The lowest BCUT2D eigenvalue weighted by molar-refractivity contribution is -0.134. The Kier molecular flexibility index (Phi) is 6.26. The number of fused-ring (bicyclic) bond motifs is 1. The van der Waals surface area contributed by atoms with Crippen molar-refractivity contribution >= 4 is 22.7 Å². The Hall–Kier alpha value is -3.28. The van der Waals surface area contributed by atoms with Crippen LogP contribution in [0, 0.1) is 6.92 Å². The molecule has 162 valence electrons. The number of amides is 2. The molecule has 3 aromatic rings. The normalized spacial score (nSPS) is 13.9. The summed E-state index contributed by atoms with van der Waals surface area (Å²) < 4.78 is 7.82. The lowest BCUT2D eigenvalue weighted by atomic mass is 10.1. The van der Waals surface area contributed by atoms with E-state index in [1.807, 2.05) is 72.0 Å². The van der Waals surface area contributed by atoms with Gasteiger partial charge in [0, 0.05) is 43.3 Å². The Bertz CT molecular complexity index is 1080. The summed E-state index contributed by atoms with van der Waals surface area (Å²) in [7, 11) is 1.95. The number of benzene rings is 2. The van der Waals surface area contributed by atoms with Gasteiger partial charge in [-0.15, -0.1) is 0 Å². The molecule has 2 heterocycles. The van der Waals surface area contributed by atoms with Crippen LogP contribution in [0.2, 0.25) is 0 Å². The zero-order valence-electron chi connectivity index (χ0n) is 18.2. The number of likely N-dealkylation sites (tertiary alicyclic amines) is 1. The van der Waals surface area contributed by atoms with Gasteiger partial charge in [-0.1, -0.05) is 30.3 Å². The van der Waals surface area contributed by atoms with Crippen LogP contribution in [0.25, 0.3) is 10.9 Å². The van der Waals surface area contributed by atoms with Gasteiger partial charge < -0.3 is 19.5 Å². The minimum atomic E-state index is -0.117. The molecule has 0 radical (unpaired) electrons. The Morgan fingerprint density at radius 2 is 1.77 bits per heavy atom. The summed E-state index contributed by atoms with van der Waals surface area (Å²) in [5.74, 6) is 0.499. The quantitative estimate of drug-likeness (QED) is 0.661. The van der Waals surface area contributed by atoms with Gasteiger partial charge >= 0.3 is 0 Å². The highest BCUT2D eigenvalue weighted by Gasteiger charge is 2.20. The fourth-order valence-electron chi connectivity index (χ4n) is 4.17. The molecule has 1 fully saturated rings. The number of aryl methyl sites for hydroxylation is 1. The first kappa shape index (κ1) is 21.0. The topological polar surface area (TPSA) is 63.6 Å². The molecule has 1 aliphatic rings. The average Bonchev–Trinajstić information content (AvgIpc) is 3.06. The number of carbonyl (C=O) groups excluding carboxylic acids is 2. The van der Waals surface area contributed by atoms with E-state index >= 15 is 0 Å². The monoisotopic (exact) mass is 419 g/mol. The van der Waals surface area contributed by atoms with E-state index in [-0.39, 0.29) is 18.4 Å². The fourth-order valence-corrected chi connectivity index (χ4v) is 4.17. The van der Waals surface area contributed by atoms with Crippen LogP contribution in [0.3, 0.4) is 0 Å². The molecule has 1 aliphatic heterocycles. The van der Waals surface area contributed by atoms with Gasteiger partial charge in [-0.2, -0.15) is 0 Å². The number of nitrogens with zero attached hydrogens (tertiary/aromatic N) is 2. The minimum Gasteiger partial charge on any atom is -0.484 e.